The number of rotatable bonds is 3. The van der Waals surface area contributed by atoms with Crippen LogP contribution >= 0.6 is 0 Å². The quantitative estimate of drug-likeness (QED) is 0.762. The van der Waals surface area contributed by atoms with Gasteiger partial charge in [0, 0.05) is 29.6 Å². The van der Waals surface area contributed by atoms with Crippen LogP contribution < -0.4 is 11.1 Å². The predicted octanol–water partition coefficient (Wildman–Crippen LogP) is 1.36. The van der Waals surface area contributed by atoms with Crippen LogP contribution in [0.3, 0.4) is 0 Å². The summed E-state index contributed by atoms with van der Waals surface area (Å²) >= 11 is 0. The van der Waals surface area contributed by atoms with E-state index < -0.39 is 17.6 Å². The normalized spacial score (nSPS) is 11.7. The van der Waals surface area contributed by atoms with Crippen LogP contribution in [0, 0.1) is 6.92 Å². The fraction of sp³-hybridized carbons (Fsp3) is 0.214. The van der Waals surface area contributed by atoms with E-state index in [1.54, 1.807) is 6.92 Å². The summed E-state index contributed by atoms with van der Waals surface area (Å²) in [5.74, 6) is -1.56. The van der Waals surface area contributed by atoms with E-state index in [1.807, 2.05) is 0 Å². The zero-order valence-corrected chi connectivity index (χ0v) is 12.7. The third-order valence-corrected chi connectivity index (χ3v) is 3.16. The van der Waals surface area contributed by atoms with E-state index in [1.165, 1.54) is 22.9 Å². The van der Waals surface area contributed by atoms with Crippen molar-refractivity contribution in [3.63, 3.8) is 0 Å². The molecule has 0 saturated carbocycles. The molecule has 0 aromatic carbocycles. The average Bonchev–Trinajstić information content (AvgIpc) is 2.98. The van der Waals surface area contributed by atoms with Crippen LogP contribution in [0.25, 0.3) is 11.4 Å². The van der Waals surface area contributed by atoms with Gasteiger partial charge in [-0.1, -0.05) is 5.16 Å². The molecule has 0 aliphatic carbocycles. The highest BCUT2D eigenvalue weighted by molar-refractivity contribution is 5.52. The highest BCUT2D eigenvalue weighted by atomic mass is 19.4. The summed E-state index contributed by atoms with van der Waals surface area (Å²) in [6, 6.07) is 3.74. The van der Waals surface area contributed by atoms with Crippen molar-refractivity contribution in [3.8, 4) is 11.4 Å². The minimum absolute atomic E-state index is 0.00389. The van der Waals surface area contributed by atoms with Crippen LogP contribution in [-0.4, -0.2) is 24.7 Å². The van der Waals surface area contributed by atoms with Gasteiger partial charge >= 0.3 is 12.1 Å². The summed E-state index contributed by atoms with van der Waals surface area (Å²) in [4.78, 5) is 33.4. The number of nitrogens with one attached hydrogen (secondary N) is 1. The Labute approximate surface area is 137 Å². The van der Waals surface area contributed by atoms with Gasteiger partial charge in [0.15, 0.2) is 0 Å². The summed E-state index contributed by atoms with van der Waals surface area (Å²) in [6.07, 6.45) is -3.42. The number of hydrogen-bond acceptors (Lipinski definition) is 6. The molecule has 0 unspecified atom stereocenters. The largest absolute Gasteiger partial charge is 0.471 e. The van der Waals surface area contributed by atoms with Crippen LogP contribution in [-0.2, 0) is 12.7 Å². The zero-order valence-electron chi connectivity index (χ0n) is 12.7. The van der Waals surface area contributed by atoms with Gasteiger partial charge < -0.3 is 14.1 Å². The van der Waals surface area contributed by atoms with Gasteiger partial charge in [-0.2, -0.15) is 18.2 Å². The smallest absolute Gasteiger partial charge is 0.329 e. The van der Waals surface area contributed by atoms with E-state index in [4.69, 9.17) is 0 Å². The molecule has 11 heteroatoms. The first-order valence-corrected chi connectivity index (χ1v) is 6.91. The first-order chi connectivity index (χ1) is 11.7. The number of H-pyrrole nitrogens is 1. The maximum Gasteiger partial charge on any atom is 0.471 e. The van der Waals surface area contributed by atoms with Crippen LogP contribution in [0.4, 0.5) is 13.2 Å². The van der Waals surface area contributed by atoms with Crippen molar-refractivity contribution in [2.24, 2.45) is 0 Å². The Kier molecular flexibility index (Phi) is 3.99. The lowest BCUT2D eigenvalue weighted by atomic mass is 10.2. The van der Waals surface area contributed by atoms with Gasteiger partial charge in [0.1, 0.15) is 5.82 Å². The van der Waals surface area contributed by atoms with Gasteiger partial charge in [0.05, 0.1) is 6.54 Å². The van der Waals surface area contributed by atoms with E-state index in [2.05, 4.69) is 24.6 Å². The van der Waals surface area contributed by atoms with Crippen LogP contribution in [0.1, 0.15) is 17.4 Å². The third kappa shape index (κ3) is 3.65. The molecule has 3 heterocycles. The van der Waals surface area contributed by atoms with E-state index in [0.717, 1.165) is 6.07 Å². The lowest BCUT2D eigenvalue weighted by Crippen LogP contribution is -2.22. The Morgan fingerprint density at radius 2 is 2.00 bits per heavy atom. The van der Waals surface area contributed by atoms with Gasteiger partial charge in [-0.15, -0.1) is 0 Å². The number of halogens is 3. The van der Waals surface area contributed by atoms with Crippen molar-refractivity contribution in [3.05, 3.63) is 62.5 Å². The molecule has 3 aromatic rings. The van der Waals surface area contributed by atoms with Crippen LogP contribution in [0.2, 0.25) is 0 Å². The van der Waals surface area contributed by atoms with Crippen molar-refractivity contribution in [1.82, 2.24) is 24.7 Å². The first-order valence-electron chi connectivity index (χ1n) is 6.91. The molecule has 0 aliphatic rings. The van der Waals surface area contributed by atoms with Crippen molar-refractivity contribution >= 4 is 0 Å². The van der Waals surface area contributed by atoms with Crippen molar-refractivity contribution in [1.29, 1.82) is 0 Å². The van der Waals surface area contributed by atoms with Crippen molar-refractivity contribution < 1.29 is 17.7 Å². The average molecular weight is 353 g/mol. The van der Waals surface area contributed by atoms with E-state index in [-0.39, 0.29) is 29.3 Å². The highest BCUT2D eigenvalue weighted by Crippen LogP contribution is 2.28. The summed E-state index contributed by atoms with van der Waals surface area (Å²) < 4.78 is 42.8. The number of aryl methyl sites for hydroxylation is 1. The van der Waals surface area contributed by atoms with Gasteiger partial charge in [-0.25, -0.2) is 4.98 Å². The zero-order chi connectivity index (χ0) is 18.2. The SMILES string of the molecule is Cc1cc(=O)[nH]c(Cn2ccc(-c3noc(C(F)(F)F)n3)cc2=O)n1. The second kappa shape index (κ2) is 6.00. The molecule has 8 nitrogen and oxygen atoms in total. The van der Waals surface area contributed by atoms with Crippen LogP contribution in [0.5, 0.6) is 0 Å². The lowest BCUT2D eigenvalue weighted by molar-refractivity contribution is -0.159. The van der Waals surface area contributed by atoms with E-state index in [9.17, 15) is 22.8 Å². The maximum atomic E-state index is 12.5. The molecule has 25 heavy (non-hydrogen) atoms. The number of aromatic nitrogens is 5. The standard InChI is InChI=1S/C14H10F3N5O3/c1-7-4-10(23)19-9(18-7)6-22-3-2-8(5-11(22)24)12-20-13(25-21-12)14(15,16)17/h2-5H,6H2,1H3,(H,18,19,23). The molecule has 1 N–H and O–H groups in total. The molecule has 130 valence electrons. The minimum Gasteiger partial charge on any atom is -0.329 e. The van der Waals surface area contributed by atoms with E-state index in [0.29, 0.717) is 5.69 Å². The molecule has 3 rings (SSSR count). The Bertz CT molecular complexity index is 1030. The number of hydrogen-bond donors (Lipinski definition) is 1. The molecule has 0 aliphatic heterocycles. The lowest BCUT2D eigenvalue weighted by Gasteiger charge is -2.06. The Hall–Kier alpha value is -3.24. The molecule has 0 spiro atoms. The molecule has 0 radical (unpaired) electrons. The molecule has 0 atom stereocenters. The topological polar surface area (TPSA) is 107 Å². The number of aromatic amines is 1. The Morgan fingerprint density at radius 3 is 2.60 bits per heavy atom. The molecular weight excluding hydrogens is 343 g/mol. The number of alkyl halides is 3. The minimum atomic E-state index is -4.76. The molecular formula is C14H10F3N5O3. The van der Waals surface area contributed by atoms with Gasteiger partial charge in [-0.3, -0.25) is 9.59 Å². The molecule has 0 saturated heterocycles. The summed E-state index contributed by atoms with van der Waals surface area (Å²) in [7, 11) is 0. The highest BCUT2D eigenvalue weighted by Gasteiger charge is 2.38. The summed E-state index contributed by atoms with van der Waals surface area (Å²) in [5.41, 5.74) is -0.306. The first kappa shape index (κ1) is 16.6. The van der Waals surface area contributed by atoms with Crippen LogP contribution in [0.15, 0.2) is 38.5 Å². The molecule has 3 aromatic heterocycles. The van der Waals surface area contributed by atoms with Gasteiger partial charge in [0.2, 0.25) is 5.82 Å². The predicted molar refractivity (Wildman–Crippen MR) is 77.7 cm³/mol. The van der Waals surface area contributed by atoms with Crippen molar-refractivity contribution in [2.45, 2.75) is 19.6 Å². The number of nitrogens with zero attached hydrogens (tertiary/aromatic N) is 4. The number of pyridine rings is 1. The maximum absolute atomic E-state index is 12.5. The second-order valence-corrected chi connectivity index (χ2v) is 5.14. The van der Waals surface area contributed by atoms with Gasteiger partial charge in [0.25, 0.3) is 11.1 Å². The van der Waals surface area contributed by atoms with Gasteiger partial charge in [-0.05, 0) is 13.0 Å². The fourth-order valence-corrected chi connectivity index (χ4v) is 2.11. The van der Waals surface area contributed by atoms with Crippen molar-refractivity contribution in [2.75, 3.05) is 0 Å². The Morgan fingerprint density at radius 1 is 1.24 bits per heavy atom. The monoisotopic (exact) mass is 353 g/mol. The molecule has 0 amide bonds. The third-order valence-electron chi connectivity index (χ3n) is 3.16. The summed E-state index contributed by atoms with van der Waals surface area (Å²) in [6.45, 7) is 1.63. The molecule has 0 bridgehead atoms. The van der Waals surface area contributed by atoms with E-state index >= 15 is 0 Å². The molecule has 0 fully saturated rings. The Balaban J connectivity index is 1.89. The summed E-state index contributed by atoms with van der Waals surface area (Å²) in [5, 5.41) is 3.22. The second-order valence-electron chi connectivity index (χ2n) is 5.14. The fourth-order valence-electron chi connectivity index (χ4n) is 2.11.